The number of nitrogens with two attached hydrogens (primary N) is 1. The third kappa shape index (κ3) is 3.17. The number of rotatable bonds is 2. The molecule has 1 saturated heterocycles. The molecule has 1 rings (SSSR count). The predicted octanol–water partition coefficient (Wildman–Crippen LogP) is 0.793. The number of nitrogens with zero attached hydrogens (tertiary/aromatic N) is 1. The van der Waals surface area contributed by atoms with Crippen LogP contribution in [0.1, 0.15) is 13.8 Å². The highest BCUT2D eigenvalue weighted by atomic mass is 32.2. The lowest BCUT2D eigenvalue weighted by Crippen LogP contribution is -2.40. The molecule has 0 bridgehead atoms. The van der Waals surface area contributed by atoms with Crippen LogP contribution in [0.2, 0.25) is 0 Å². The number of hydrogen-bond acceptors (Lipinski definition) is 3. The molecule has 1 heterocycles. The van der Waals surface area contributed by atoms with Gasteiger partial charge in [-0.2, -0.15) is 11.8 Å². The highest BCUT2D eigenvalue weighted by Gasteiger charge is 2.22. The van der Waals surface area contributed by atoms with E-state index in [1.54, 1.807) is 0 Å². The topological polar surface area (TPSA) is 46.3 Å². The Labute approximate surface area is 90.4 Å². The fourth-order valence-electron chi connectivity index (χ4n) is 1.59. The second kappa shape index (κ2) is 5.61. The summed E-state index contributed by atoms with van der Waals surface area (Å²) in [5, 5.41) is 0. The molecule has 2 N–H and O–H groups in total. The van der Waals surface area contributed by atoms with Gasteiger partial charge in [-0.25, -0.2) is 0 Å². The van der Waals surface area contributed by atoms with Crippen molar-refractivity contribution < 1.29 is 4.79 Å². The van der Waals surface area contributed by atoms with Gasteiger partial charge in [0.2, 0.25) is 5.91 Å². The summed E-state index contributed by atoms with van der Waals surface area (Å²) in [4.78, 5) is 13.8. The third-order valence-corrected chi connectivity index (χ3v) is 3.80. The van der Waals surface area contributed by atoms with Crippen LogP contribution in [-0.4, -0.2) is 41.9 Å². The lowest BCUT2D eigenvalue weighted by molar-refractivity contribution is -0.134. The Morgan fingerprint density at radius 2 is 2.43 bits per heavy atom. The van der Waals surface area contributed by atoms with Crippen molar-refractivity contribution in [3.63, 3.8) is 0 Å². The smallest absolute Gasteiger partial charge is 0.226 e. The van der Waals surface area contributed by atoms with E-state index in [4.69, 9.17) is 5.73 Å². The molecule has 4 heteroatoms. The summed E-state index contributed by atoms with van der Waals surface area (Å²) in [6.07, 6.45) is 0. The summed E-state index contributed by atoms with van der Waals surface area (Å²) in [6.45, 7) is 6.35. The van der Waals surface area contributed by atoms with Crippen molar-refractivity contribution in [1.29, 1.82) is 0 Å². The Hall–Kier alpha value is -0.220. The van der Waals surface area contributed by atoms with Gasteiger partial charge in [-0.15, -0.1) is 0 Å². The molecule has 0 aromatic rings. The van der Waals surface area contributed by atoms with E-state index in [0.29, 0.717) is 12.5 Å². The van der Waals surface area contributed by atoms with Crippen molar-refractivity contribution in [2.45, 2.75) is 13.8 Å². The van der Waals surface area contributed by atoms with E-state index in [1.165, 1.54) is 5.75 Å². The number of amides is 1. The van der Waals surface area contributed by atoms with Crippen LogP contribution in [0.15, 0.2) is 0 Å². The van der Waals surface area contributed by atoms with Crippen molar-refractivity contribution >= 4 is 17.7 Å². The van der Waals surface area contributed by atoms with E-state index in [0.717, 1.165) is 18.8 Å². The molecule has 0 spiro atoms. The van der Waals surface area contributed by atoms with E-state index in [9.17, 15) is 4.79 Å². The Balaban J connectivity index is 2.52. The van der Waals surface area contributed by atoms with Gasteiger partial charge in [-0.05, 0) is 11.7 Å². The van der Waals surface area contributed by atoms with Gasteiger partial charge in [-0.1, -0.05) is 13.8 Å². The Bertz CT molecular complexity index is 199. The fourth-order valence-corrected chi connectivity index (χ4v) is 2.62. The minimum atomic E-state index is -0.0229. The van der Waals surface area contributed by atoms with Gasteiger partial charge in [0.1, 0.15) is 0 Å². The number of carbonyl (C=O) groups is 1. The van der Waals surface area contributed by atoms with Gasteiger partial charge in [0.15, 0.2) is 0 Å². The third-order valence-electron chi connectivity index (χ3n) is 2.53. The molecule has 2 atom stereocenters. The SMILES string of the molecule is CC1CSCCN(C(=O)C(C)CN)C1. The summed E-state index contributed by atoms with van der Waals surface area (Å²) in [5.41, 5.74) is 5.50. The van der Waals surface area contributed by atoms with Crippen molar-refractivity contribution in [1.82, 2.24) is 4.90 Å². The van der Waals surface area contributed by atoms with Crippen LogP contribution in [0.4, 0.5) is 0 Å². The monoisotopic (exact) mass is 216 g/mol. The minimum absolute atomic E-state index is 0.0229. The molecule has 1 aliphatic heterocycles. The van der Waals surface area contributed by atoms with E-state index < -0.39 is 0 Å². The molecule has 1 aliphatic rings. The molecule has 1 amide bonds. The number of thioether (sulfide) groups is 1. The van der Waals surface area contributed by atoms with Crippen LogP contribution in [-0.2, 0) is 4.79 Å². The van der Waals surface area contributed by atoms with E-state index in [2.05, 4.69) is 6.92 Å². The van der Waals surface area contributed by atoms with Gasteiger partial charge in [-0.3, -0.25) is 4.79 Å². The summed E-state index contributed by atoms with van der Waals surface area (Å²) < 4.78 is 0. The molecule has 82 valence electrons. The Morgan fingerprint density at radius 1 is 1.71 bits per heavy atom. The quantitative estimate of drug-likeness (QED) is 0.742. The van der Waals surface area contributed by atoms with Gasteiger partial charge < -0.3 is 10.6 Å². The first-order chi connectivity index (χ1) is 6.65. The van der Waals surface area contributed by atoms with E-state index >= 15 is 0 Å². The largest absolute Gasteiger partial charge is 0.341 e. The first-order valence-electron chi connectivity index (χ1n) is 5.21. The van der Waals surface area contributed by atoms with E-state index in [1.807, 2.05) is 23.6 Å². The van der Waals surface area contributed by atoms with E-state index in [-0.39, 0.29) is 11.8 Å². The van der Waals surface area contributed by atoms with Crippen molar-refractivity contribution in [3.05, 3.63) is 0 Å². The highest BCUT2D eigenvalue weighted by molar-refractivity contribution is 7.99. The number of hydrogen-bond donors (Lipinski definition) is 1. The van der Waals surface area contributed by atoms with Crippen molar-refractivity contribution in [2.24, 2.45) is 17.6 Å². The molecule has 1 fully saturated rings. The Kier molecular flexibility index (Phi) is 4.75. The second-order valence-corrected chi connectivity index (χ2v) is 5.25. The molecular weight excluding hydrogens is 196 g/mol. The average Bonchev–Trinajstić information content (AvgIpc) is 2.40. The molecule has 0 aromatic heterocycles. The van der Waals surface area contributed by atoms with Crippen LogP contribution in [0.3, 0.4) is 0 Å². The zero-order valence-electron chi connectivity index (χ0n) is 9.03. The summed E-state index contributed by atoms with van der Waals surface area (Å²) in [6, 6.07) is 0. The first-order valence-corrected chi connectivity index (χ1v) is 6.37. The molecule has 2 unspecified atom stereocenters. The zero-order chi connectivity index (χ0) is 10.6. The molecule has 0 radical (unpaired) electrons. The summed E-state index contributed by atoms with van der Waals surface area (Å²) >= 11 is 1.94. The molecule has 14 heavy (non-hydrogen) atoms. The molecule has 0 aromatic carbocycles. The lowest BCUT2D eigenvalue weighted by atomic mass is 10.1. The van der Waals surface area contributed by atoms with Crippen LogP contribution >= 0.6 is 11.8 Å². The molecule has 0 saturated carbocycles. The first kappa shape index (κ1) is 11.9. The van der Waals surface area contributed by atoms with Gasteiger partial charge in [0, 0.05) is 31.3 Å². The van der Waals surface area contributed by atoms with Crippen molar-refractivity contribution in [2.75, 3.05) is 31.1 Å². The minimum Gasteiger partial charge on any atom is -0.341 e. The average molecular weight is 216 g/mol. The fraction of sp³-hybridized carbons (Fsp3) is 0.900. The van der Waals surface area contributed by atoms with Crippen LogP contribution in [0, 0.1) is 11.8 Å². The second-order valence-electron chi connectivity index (χ2n) is 4.10. The maximum absolute atomic E-state index is 11.9. The van der Waals surface area contributed by atoms with Gasteiger partial charge in [0.25, 0.3) is 0 Å². The van der Waals surface area contributed by atoms with Crippen molar-refractivity contribution in [3.8, 4) is 0 Å². The van der Waals surface area contributed by atoms with Gasteiger partial charge in [0.05, 0.1) is 0 Å². The maximum Gasteiger partial charge on any atom is 0.226 e. The lowest BCUT2D eigenvalue weighted by Gasteiger charge is -2.25. The molecule has 3 nitrogen and oxygen atoms in total. The molecule has 0 aliphatic carbocycles. The van der Waals surface area contributed by atoms with Crippen LogP contribution < -0.4 is 5.73 Å². The van der Waals surface area contributed by atoms with Crippen LogP contribution in [0.5, 0.6) is 0 Å². The number of carbonyl (C=O) groups excluding carboxylic acids is 1. The Morgan fingerprint density at radius 3 is 3.07 bits per heavy atom. The maximum atomic E-state index is 11.9. The standard InChI is InChI=1S/C10H20N2OS/c1-8-6-12(3-4-14-7-8)10(13)9(2)5-11/h8-9H,3-7,11H2,1-2H3. The highest BCUT2D eigenvalue weighted by Crippen LogP contribution is 2.16. The summed E-state index contributed by atoms with van der Waals surface area (Å²) in [7, 11) is 0. The predicted molar refractivity (Wildman–Crippen MR) is 61.3 cm³/mol. The zero-order valence-corrected chi connectivity index (χ0v) is 9.85. The van der Waals surface area contributed by atoms with Gasteiger partial charge >= 0.3 is 0 Å². The molecular formula is C10H20N2OS. The normalized spacial score (nSPS) is 25.6. The summed E-state index contributed by atoms with van der Waals surface area (Å²) in [5.74, 6) is 3.04. The van der Waals surface area contributed by atoms with Crippen LogP contribution in [0.25, 0.3) is 0 Å².